The van der Waals surface area contributed by atoms with Crippen LogP contribution in [-0.2, 0) is 4.74 Å². The molecule has 0 heterocycles. The second kappa shape index (κ2) is 5.97. The van der Waals surface area contributed by atoms with Crippen molar-refractivity contribution in [1.29, 1.82) is 0 Å². The van der Waals surface area contributed by atoms with Gasteiger partial charge < -0.3 is 9.84 Å². The van der Waals surface area contributed by atoms with Gasteiger partial charge in [-0.25, -0.2) is 4.79 Å². The van der Waals surface area contributed by atoms with Crippen LogP contribution in [0, 0.1) is 0 Å². The van der Waals surface area contributed by atoms with Crippen LogP contribution in [0.5, 0.6) is 0 Å². The van der Waals surface area contributed by atoms with Crippen LogP contribution >= 0.6 is 31.9 Å². The number of hydrogen-bond acceptors (Lipinski definition) is 2. The zero-order chi connectivity index (χ0) is 7.98. The van der Waals surface area contributed by atoms with Gasteiger partial charge in [0.25, 0.3) is 0 Å². The summed E-state index contributed by atoms with van der Waals surface area (Å²) in [6, 6.07) is 0. The summed E-state index contributed by atoms with van der Waals surface area (Å²) in [5, 5.41) is 8.85. The van der Waals surface area contributed by atoms with Gasteiger partial charge in [0.15, 0.2) is 0 Å². The van der Waals surface area contributed by atoms with Crippen LogP contribution in [0.4, 0.5) is 4.79 Å². The maximum absolute atomic E-state index is 9.82. The van der Waals surface area contributed by atoms with Crippen molar-refractivity contribution in [1.82, 2.24) is 0 Å². The Morgan fingerprint density at radius 3 is 2.70 bits per heavy atom. The first-order valence-corrected chi connectivity index (χ1v) is 4.76. The molecule has 0 rings (SSSR count). The van der Waals surface area contributed by atoms with E-state index in [4.69, 9.17) is 5.11 Å². The minimum Gasteiger partial charge on any atom is -0.450 e. The third-order valence-corrected chi connectivity index (χ3v) is 3.26. The lowest BCUT2D eigenvalue weighted by atomic mass is 10.4. The molecule has 0 saturated carbocycles. The zero-order valence-electron chi connectivity index (χ0n) is 5.22. The van der Waals surface area contributed by atoms with Gasteiger partial charge in [0, 0.05) is 10.2 Å². The Labute approximate surface area is 76.0 Å². The Morgan fingerprint density at radius 1 is 1.70 bits per heavy atom. The van der Waals surface area contributed by atoms with Gasteiger partial charge in [-0.15, -0.1) is 0 Å². The van der Waals surface area contributed by atoms with Crippen molar-refractivity contribution in [3.63, 3.8) is 0 Å². The predicted octanol–water partition coefficient (Wildman–Crippen LogP) is 2.23. The largest absolute Gasteiger partial charge is 0.505 e. The van der Waals surface area contributed by atoms with E-state index in [-0.39, 0.29) is 11.4 Å². The molecule has 0 spiro atoms. The molecule has 0 aromatic heterocycles. The number of halogens is 2. The molecule has 0 aromatic rings. The molecule has 3 nitrogen and oxygen atoms in total. The minimum atomic E-state index is -1.21. The second-order valence-corrected chi connectivity index (χ2v) is 3.60. The lowest BCUT2D eigenvalue weighted by molar-refractivity contribution is 0.0910. The third kappa shape index (κ3) is 6.35. The summed E-state index contributed by atoms with van der Waals surface area (Å²) in [6.45, 7) is 0.247. The highest BCUT2D eigenvalue weighted by molar-refractivity contribution is 9.12. The number of carboxylic acid groups (broad SMARTS) is 1. The van der Waals surface area contributed by atoms with E-state index in [2.05, 4.69) is 36.6 Å². The summed E-state index contributed by atoms with van der Waals surface area (Å²) >= 11 is 6.54. The van der Waals surface area contributed by atoms with Crippen molar-refractivity contribution in [3.05, 3.63) is 0 Å². The van der Waals surface area contributed by atoms with E-state index in [0.717, 1.165) is 5.33 Å². The van der Waals surface area contributed by atoms with Gasteiger partial charge in [-0.05, 0) is 6.42 Å². The van der Waals surface area contributed by atoms with Gasteiger partial charge in [0.1, 0.15) is 0 Å². The quantitative estimate of drug-likeness (QED) is 0.632. The minimum absolute atomic E-state index is 0.247. The van der Waals surface area contributed by atoms with Gasteiger partial charge in [-0.2, -0.15) is 0 Å². The van der Waals surface area contributed by atoms with Crippen LogP contribution < -0.4 is 0 Å². The molecule has 5 heteroatoms. The molecule has 0 saturated heterocycles. The summed E-state index contributed by atoms with van der Waals surface area (Å²) in [5.41, 5.74) is 0. The molecule has 1 atom stereocenters. The summed E-state index contributed by atoms with van der Waals surface area (Å²) < 4.78 is 4.28. The van der Waals surface area contributed by atoms with E-state index < -0.39 is 6.16 Å². The topological polar surface area (TPSA) is 46.5 Å². The fourth-order valence-corrected chi connectivity index (χ4v) is 0.862. The van der Waals surface area contributed by atoms with Gasteiger partial charge in [-0.3, -0.25) is 0 Å². The zero-order valence-corrected chi connectivity index (χ0v) is 8.39. The number of carbonyl (C=O) groups is 1. The summed E-state index contributed by atoms with van der Waals surface area (Å²) in [7, 11) is 0. The normalized spacial score (nSPS) is 12.6. The molecule has 0 radical (unpaired) electrons. The second-order valence-electron chi connectivity index (χ2n) is 1.65. The van der Waals surface area contributed by atoms with E-state index in [1.54, 1.807) is 0 Å². The van der Waals surface area contributed by atoms with Crippen LogP contribution in [0.15, 0.2) is 0 Å². The van der Waals surface area contributed by atoms with Crippen molar-refractivity contribution >= 4 is 38.0 Å². The Kier molecular flexibility index (Phi) is 6.11. The molecular formula is C5H8Br2O3. The molecule has 0 fully saturated rings. The number of ether oxygens (including phenoxy) is 1. The first-order valence-electron chi connectivity index (χ1n) is 2.72. The van der Waals surface area contributed by atoms with Crippen molar-refractivity contribution in [2.45, 2.75) is 11.2 Å². The maximum Gasteiger partial charge on any atom is 0.505 e. The summed E-state index contributed by atoms with van der Waals surface area (Å²) in [6.07, 6.45) is -0.522. The predicted molar refractivity (Wildman–Crippen MR) is 45.1 cm³/mol. The SMILES string of the molecule is O=C(O)OCCC(Br)CBr. The molecule has 0 amide bonds. The number of alkyl halides is 2. The smallest absolute Gasteiger partial charge is 0.450 e. The molecular weight excluding hydrogens is 268 g/mol. The van der Waals surface area contributed by atoms with Crippen LogP contribution in [0.25, 0.3) is 0 Å². The molecule has 1 N–H and O–H groups in total. The Morgan fingerprint density at radius 2 is 2.30 bits per heavy atom. The highest BCUT2D eigenvalue weighted by Gasteiger charge is 2.02. The maximum atomic E-state index is 9.82. The van der Waals surface area contributed by atoms with Gasteiger partial charge in [0.05, 0.1) is 6.61 Å². The first kappa shape index (κ1) is 10.2. The number of rotatable bonds is 4. The van der Waals surface area contributed by atoms with Crippen molar-refractivity contribution in [2.24, 2.45) is 0 Å². The monoisotopic (exact) mass is 274 g/mol. The van der Waals surface area contributed by atoms with E-state index in [0.29, 0.717) is 6.42 Å². The van der Waals surface area contributed by atoms with Crippen LogP contribution in [0.2, 0.25) is 0 Å². The number of hydrogen-bond donors (Lipinski definition) is 1. The van der Waals surface area contributed by atoms with E-state index >= 15 is 0 Å². The highest BCUT2D eigenvalue weighted by Crippen LogP contribution is 2.07. The molecule has 0 aliphatic heterocycles. The van der Waals surface area contributed by atoms with Gasteiger partial charge >= 0.3 is 6.16 Å². The summed E-state index contributed by atoms with van der Waals surface area (Å²) in [5.74, 6) is 0. The average Bonchev–Trinajstić information content (AvgIpc) is 1.87. The van der Waals surface area contributed by atoms with Crippen molar-refractivity contribution in [3.8, 4) is 0 Å². The fourth-order valence-electron chi connectivity index (χ4n) is 0.351. The fraction of sp³-hybridized carbons (Fsp3) is 0.800. The standard InChI is InChI=1S/C5H8Br2O3/c6-3-4(7)1-2-10-5(8)9/h4H,1-3H2,(H,8,9). The molecule has 10 heavy (non-hydrogen) atoms. The molecule has 0 bridgehead atoms. The first-order chi connectivity index (χ1) is 4.66. The molecule has 0 aliphatic rings. The van der Waals surface area contributed by atoms with E-state index in [9.17, 15) is 4.79 Å². The van der Waals surface area contributed by atoms with Gasteiger partial charge in [-0.1, -0.05) is 31.9 Å². The Balaban J connectivity index is 3.11. The Bertz CT molecular complexity index is 107. The van der Waals surface area contributed by atoms with Crippen molar-refractivity contribution < 1.29 is 14.6 Å². The summed E-state index contributed by atoms with van der Waals surface area (Å²) in [4.78, 5) is 10.1. The van der Waals surface area contributed by atoms with Crippen molar-refractivity contribution in [2.75, 3.05) is 11.9 Å². The molecule has 1 unspecified atom stereocenters. The average molecular weight is 276 g/mol. The third-order valence-electron chi connectivity index (χ3n) is 0.824. The lowest BCUT2D eigenvalue weighted by Crippen LogP contribution is -2.08. The van der Waals surface area contributed by atoms with Crippen LogP contribution in [0.1, 0.15) is 6.42 Å². The van der Waals surface area contributed by atoms with Gasteiger partial charge in [0.2, 0.25) is 0 Å². The molecule has 0 aromatic carbocycles. The molecule has 0 aliphatic carbocycles. The Hall–Kier alpha value is 0.230. The van der Waals surface area contributed by atoms with E-state index in [1.807, 2.05) is 0 Å². The highest BCUT2D eigenvalue weighted by atomic mass is 79.9. The van der Waals surface area contributed by atoms with Crippen LogP contribution in [0.3, 0.4) is 0 Å². The lowest BCUT2D eigenvalue weighted by Gasteiger charge is -2.03. The van der Waals surface area contributed by atoms with E-state index in [1.165, 1.54) is 0 Å². The van der Waals surface area contributed by atoms with Crippen LogP contribution in [-0.4, -0.2) is 28.0 Å². The molecule has 60 valence electrons.